The molecule has 0 bridgehead atoms. The molecule has 1 amide bonds. The smallest absolute Gasteiger partial charge is 0.339 e. The first-order valence-corrected chi connectivity index (χ1v) is 6.66. The van der Waals surface area contributed by atoms with E-state index in [1.54, 1.807) is 30.3 Å². The van der Waals surface area contributed by atoms with Gasteiger partial charge < -0.3 is 4.74 Å². The normalized spacial score (nSPS) is 10.0. The van der Waals surface area contributed by atoms with E-state index in [1.807, 2.05) is 18.2 Å². The molecule has 2 aromatic rings. The molecule has 0 spiro atoms. The van der Waals surface area contributed by atoms with E-state index in [0.717, 1.165) is 0 Å². The van der Waals surface area contributed by atoms with Crippen LogP contribution in [-0.4, -0.2) is 19.0 Å². The molecule has 5 heteroatoms. The number of nitrogens with zero attached hydrogens (tertiary/aromatic N) is 1. The molecule has 21 heavy (non-hydrogen) atoms. The molecular weight excluding hydrogens is 290 g/mol. The van der Waals surface area contributed by atoms with Crippen molar-refractivity contribution in [1.29, 1.82) is 0 Å². The zero-order valence-corrected chi connectivity index (χ0v) is 12.4. The third-order valence-corrected chi connectivity index (χ3v) is 3.17. The SMILES string of the molecule is COC(=O)c1ccc(Cl)cc1N(C(C)=O)c1ccccc1. The van der Waals surface area contributed by atoms with E-state index in [0.29, 0.717) is 16.4 Å². The summed E-state index contributed by atoms with van der Waals surface area (Å²) in [6.45, 7) is 1.43. The molecule has 0 heterocycles. The fourth-order valence-corrected chi connectivity index (χ4v) is 2.21. The number of amides is 1. The van der Waals surface area contributed by atoms with Crippen LogP contribution in [0, 0.1) is 0 Å². The number of anilines is 2. The van der Waals surface area contributed by atoms with Gasteiger partial charge >= 0.3 is 5.97 Å². The van der Waals surface area contributed by atoms with Crippen LogP contribution >= 0.6 is 11.6 Å². The molecule has 0 aliphatic carbocycles. The molecule has 4 nitrogen and oxygen atoms in total. The molecule has 0 atom stereocenters. The third kappa shape index (κ3) is 3.23. The van der Waals surface area contributed by atoms with E-state index in [4.69, 9.17) is 16.3 Å². The van der Waals surface area contributed by atoms with Crippen molar-refractivity contribution in [1.82, 2.24) is 0 Å². The maximum atomic E-state index is 12.0. The molecule has 0 aliphatic heterocycles. The number of ether oxygens (including phenoxy) is 1. The highest BCUT2D eigenvalue weighted by atomic mass is 35.5. The van der Waals surface area contributed by atoms with Crippen molar-refractivity contribution in [3.63, 3.8) is 0 Å². The molecule has 0 saturated carbocycles. The summed E-state index contributed by atoms with van der Waals surface area (Å²) in [6.07, 6.45) is 0. The van der Waals surface area contributed by atoms with Gasteiger partial charge in [-0.1, -0.05) is 29.8 Å². The minimum atomic E-state index is -0.524. The molecule has 2 rings (SSSR count). The molecule has 0 radical (unpaired) electrons. The van der Waals surface area contributed by atoms with Crippen molar-refractivity contribution in [3.05, 3.63) is 59.1 Å². The van der Waals surface area contributed by atoms with Gasteiger partial charge in [-0.05, 0) is 30.3 Å². The number of benzene rings is 2. The summed E-state index contributed by atoms with van der Waals surface area (Å²) >= 11 is 6.01. The lowest BCUT2D eigenvalue weighted by Crippen LogP contribution is -2.25. The van der Waals surface area contributed by atoms with Gasteiger partial charge in [-0.15, -0.1) is 0 Å². The Kier molecular flexibility index (Phi) is 4.60. The Morgan fingerprint density at radius 1 is 1.10 bits per heavy atom. The monoisotopic (exact) mass is 303 g/mol. The Morgan fingerprint density at radius 2 is 1.76 bits per heavy atom. The quantitative estimate of drug-likeness (QED) is 0.810. The fraction of sp³-hybridized carbons (Fsp3) is 0.125. The lowest BCUT2D eigenvalue weighted by atomic mass is 10.1. The first-order chi connectivity index (χ1) is 10.0. The van der Waals surface area contributed by atoms with Crippen molar-refractivity contribution in [3.8, 4) is 0 Å². The molecule has 0 unspecified atom stereocenters. The van der Waals surface area contributed by atoms with E-state index in [-0.39, 0.29) is 11.5 Å². The van der Waals surface area contributed by atoms with Gasteiger partial charge in [0.1, 0.15) is 0 Å². The largest absolute Gasteiger partial charge is 0.465 e. The summed E-state index contributed by atoms with van der Waals surface area (Å²) in [5, 5.41) is 0.430. The van der Waals surface area contributed by atoms with E-state index in [9.17, 15) is 9.59 Å². The third-order valence-electron chi connectivity index (χ3n) is 2.94. The number of para-hydroxylation sites is 1. The number of hydrogen-bond donors (Lipinski definition) is 0. The van der Waals surface area contributed by atoms with Crippen molar-refractivity contribution < 1.29 is 14.3 Å². The van der Waals surface area contributed by atoms with Gasteiger partial charge in [0, 0.05) is 17.6 Å². The Labute approximate surface area is 127 Å². The molecule has 108 valence electrons. The van der Waals surface area contributed by atoms with Crippen LogP contribution in [0.3, 0.4) is 0 Å². The average molecular weight is 304 g/mol. The van der Waals surface area contributed by atoms with Crippen molar-refractivity contribution in [2.24, 2.45) is 0 Å². The van der Waals surface area contributed by atoms with Crippen LogP contribution in [0.2, 0.25) is 5.02 Å². The van der Waals surface area contributed by atoms with Crippen molar-refractivity contribution in [2.45, 2.75) is 6.92 Å². The van der Waals surface area contributed by atoms with Gasteiger partial charge in [0.05, 0.1) is 18.4 Å². The summed E-state index contributed by atoms with van der Waals surface area (Å²) in [4.78, 5) is 25.4. The lowest BCUT2D eigenvalue weighted by molar-refractivity contribution is -0.115. The van der Waals surface area contributed by atoms with E-state index < -0.39 is 5.97 Å². The second-order valence-electron chi connectivity index (χ2n) is 4.34. The molecule has 0 aromatic heterocycles. The maximum absolute atomic E-state index is 12.0. The van der Waals surface area contributed by atoms with Gasteiger partial charge in [-0.25, -0.2) is 4.79 Å². The maximum Gasteiger partial charge on any atom is 0.339 e. The molecule has 0 fully saturated rings. The first-order valence-electron chi connectivity index (χ1n) is 6.28. The van der Waals surface area contributed by atoms with Crippen molar-refractivity contribution >= 4 is 34.9 Å². The number of methoxy groups -OCH3 is 1. The lowest BCUT2D eigenvalue weighted by Gasteiger charge is -2.23. The molecule has 0 saturated heterocycles. The highest BCUT2D eigenvalue weighted by Gasteiger charge is 2.21. The highest BCUT2D eigenvalue weighted by Crippen LogP contribution is 2.31. The second kappa shape index (κ2) is 6.41. The number of esters is 1. The topological polar surface area (TPSA) is 46.6 Å². The average Bonchev–Trinajstić information content (AvgIpc) is 2.47. The van der Waals surface area contributed by atoms with Crippen LogP contribution in [0.25, 0.3) is 0 Å². The predicted molar refractivity (Wildman–Crippen MR) is 82.1 cm³/mol. The fourth-order valence-electron chi connectivity index (χ4n) is 2.04. The van der Waals surface area contributed by atoms with Gasteiger partial charge in [0.2, 0.25) is 5.91 Å². The zero-order valence-electron chi connectivity index (χ0n) is 11.7. The number of carbonyl (C=O) groups is 2. The van der Waals surface area contributed by atoms with Gasteiger partial charge in [-0.3, -0.25) is 9.69 Å². The Hall–Kier alpha value is -2.33. The van der Waals surface area contributed by atoms with Crippen LogP contribution in [0.4, 0.5) is 11.4 Å². The Balaban J connectivity index is 2.63. The number of hydrogen-bond acceptors (Lipinski definition) is 3. The van der Waals surface area contributed by atoms with Crippen LogP contribution in [0.5, 0.6) is 0 Å². The molecule has 0 N–H and O–H groups in total. The summed E-state index contributed by atoms with van der Waals surface area (Å²) in [5.41, 5.74) is 1.33. The number of rotatable bonds is 3. The van der Waals surface area contributed by atoms with Crippen LogP contribution in [-0.2, 0) is 9.53 Å². The predicted octanol–water partition coefficient (Wildman–Crippen LogP) is 3.81. The standard InChI is InChI=1S/C16H14ClNO3/c1-11(19)18(13-6-4-3-5-7-13)15-10-12(17)8-9-14(15)16(20)21-2/h3-10H,1-2H3. The molecule has 2 aromatic carbocycles. The summed E-state index contributed by atoms with van der Waals surface area (Å²) < 4.78 is 4.76. The summed E-state index contributed by atoms with van der Waals surface area (Å²) in [7, 11) is 1.29. The van der Waals surface area contributed by atoms with Crippen LogP contribution < -0.4 is 4.90 Å². The second-order valence-corrected chi connectivity index (χ2v) is 4.78. The summed E-state index contributed by atoms with van der Waals surface area (Å²) in [6, 6.07) is 13.7. The first kappa shape index (κ1) is 15.1. The minimum Gasteiger partial charge on any atom is -0.465 e. The zero-order chi connectivity index (χ0) is 15.4. The number of halogens is 1. The van der Waals surface area contributed by atoms with E-state index >= 15 is 0 Å². The van der Waals surface area contributed by atoms with Gasteiger partial charge in [0.25, 0.3) is 0 Å². The Bertz CT molecular complexity index is 670. The van der Waals surface area contributed by atoms with Crippen LogP contribution in [0.15, 0.2) is 48.5 Å². The molecule has 0 aliphatic rings. The van der Waals surface area contributed by atoms with Crippen LogP contribution in [0.1, 0.15) is 17.3 Å². The Morgan fingerprint density at radius 3 is 2.33 bits per heavy atom. The van der Waals surface area contributed by atoms with Gasteiger partial charge in [-0.2, -0.15) is 0 Å². The minimum absolute atomic E-state index is 0.228. The van der Waals surface area contributed by atoms with E-state index in [2.05, 4.69) is 0 Å². The summed E-state index contributed by atoms with van der Waals surface area (Å²) in [5.74, 6) is -0.752. The highest BCUT2D eigenvalue weighted by molar-refractivity contribution is 6.31. The molecular formula is C16H14ClNO3. The van der Waals surface area contributed by atoms with E-state index in [1.165, 1.54) is 18.9 Å². The van der Waals surface area contributed by atoms with Crippen molar-refractivity contribution in [2.75, 3.05) is 12.0 Å². The van der Waals surface area contributed by atoms with Gasteiger partial charge in [0.15, 0.2) is 0 Å². The number of carbonyl (C=O) groups excluding carboxylic acids is 2.